The highest BCUT2D eigenvalue weighted by Crippen LogP contribution is 2.13. The minimum Gasteiger partial charge on any atom is -0.325 e. The van der Waals surface area contributed by atoms with Crippen LogP contribution in [-0.4, -0.2) is 20.7 Å². The topological polar surface area (TPSA) is 20.3 Å². The molecule has 1 aromatic carbocycles. The standard InChI is InChI=1S/C9H10BNO/c1-7-4-3-5-8(6-7)11(2)9(10)12/h3-6H,1-2H3. The Kier molecular flexibility index (Phi) is 2.53. The highest BCUT2D eigenvalue weighted by molar-refractivity contribution is 6.60. The van der Waals surface area contributed by atoms with Crippen LogP contribution in [0.25, 0.3) is 0 Å². The number of aryl methyl sites for hydroxylation is 1. The second-order valence-corrected chi connectivity index (χ2v) is 2.74. The van der Waals surface area contributed by atoms with Gasteiger partial charge in [-0.25, -0.2) is 0 Å². The molecule has 0 saturated carbocycles. The Morgan fingerprint density at radius 1 is 1.50 bits per heavy atom. The number of nitrogens with zero attached hydrogens (tertiary/aromatic N) is 1. The van der Waals surface area contributed by atoms with E-state index >= 15 is 0 Å². The zero-order valence-corrected chi connectivity index (χ0v) is 7.24. The van der Waals surface area contributed by atoms with E-state index in [-0.39, 0.29) is 0 Å². The molecule has 0 heterocycles. The summed E-state index contributed by atoms with van der Waals surface area (Å²) >= 11 is 0. The van der Waals surface area contributed by atoms with E-state index in [9.17, 15) is 4.79 Å². The first-order valence-electron chi connectivity index (χ1n) is 3.71. The van der Waals surface area contributed by atoms with Crippen molar-refractivity contribution in [2.24, 2.45) is 0 Å². The minimum absolute atomic E-state index is 0.444. The SMILES string of the molecule is [B]C(=O)N(C)c1cccc(C)c1. The van der Waals surface area contributed by atoms with Gasteiger partial charge in [-0.15, -0.1) is 0 Å². The molecule has 2 radical (unpaired) electrons. The van der Waals surface area contributed by atoms with Crippen LogP contribution in [-0.2, 0) is 0 Å². The van der Waals surface area contributed by atoms with Crippen LogP contribution in [0.4, 0.5) is 10.5 Å². The van der Waals surface area contributed by atoms with Crippen LogP contribution in [0.2, 0.25) is 0 Å². The second kappa shape index (κ2) is 3.43. The smallest absolute Gasteiger partial charge is 0.201 e. The van der Waals surface area contributed by atoms with Crippen molar-refractivity contribution in [1.29, 1.82) is 0 Å². The van der Waals surface area contributed by atoms with E-state index in [0.29, 0.717) is 0 Å². The molecule has 0 aromatic heterocycles. The number of anilines is 1. The van der Waals surface area contributed by atoms with Gasteiger partial charge in [0.1, 0.15) is 0 Å². The molecule has 60 valence electrons. The summed E-state index contributed by atoms with van der Waals surface area (Å²) in [6.45, 7) is 1.97. The Bertz CT molecular complexity index is 298. The van der Waals surface area contributed by atoms with Crippen LogP contribution in [0.1, 0.15) is 5.56 Å². The van der Waals surface area contributed by atoms with Crippen molar-refractivity contribution < 1.29 is 4.79 Å². The normalized spacial score (nSPS) is 9.50. The fraction of sp³-hybridized carbons (Fsp3) is 0.222. The van der Waals surface area contributed by atoms with Crippen molar-refractivity contribution in [1.82, 2.24) is 0 Å². The molecule has 2 nitrogen and oxygen atoms in total. The number of carbonyl (C=O) groups excluding carboxylic acids is 1. The third kappa shape index (κ3) is 1.88. The predicted molar refractivity (Wildman–Crippen MR) is 50.7 cm³/mol. The fourth-order valence-electron chi connectivity index (χ4n) is 0.964. The fourth-order valence-corrected chi connectivity index (χ4v) is 0.964. The summed E-state index contributed by atoms with van der Waals surface area (Å²) in [5.74, 6) is -0.444. The Balaban J connectivity index is 2.95. The highest BCUT2D eigenvalue weighted by atomic mass is 16.1. The van der Waals surface area contributed by atoms with Gasteiger partial charge in [0.2, 0.25) is 7.85 Å². The van der Waals surface area contributed by atoms with E-state index in [1.807, 2.05) is 31.2 Å². The number of hydrogen-bond donors (Lipinski definition) is 0. The first-order valence-corrected chi connectivity index (χ1v) is 3.71. The number of rotatable bonds is 1. The molecule has 0 fully saturated rings. The molecule has 0 aliphatic heterocycles. The molecule has 0 N–H and O–H groups in total. The van der Waals surface area contributed by atoms with Crippen molar-refractivity contribution in [3.05, 3.63) is 29.8 Å². The van der Waals surface area contributed by atoms with Gasteiger partial charge in [-0.2, -0.15) is 0 Å². The summed E-state index contributed by atoms with van der Waals surface area (Å²) in [7, 11) is 6.75. The van der Waals surface area contributed by atoms with Crippen molar-refractivity contribution >= 4 is 19.3 Å². The van der Waals surface area contributed by atoms with E-state index in [1.54, 1.807) is 7.05 Å². The lowest BCUT2D eigenvalue weighted by Gasteiger charge is -2.15. The number of carbonyl (C=O) groups is 1. The molecule has 0 atom stereocenters. The van der Waals surface area contributed by atoms with Gasteiger partial charge in [-0.05, 0) is 24.6 Å². The molecule has 3 heteroatoms. The number of amides is 1. The molecular formula is C9H10BNO. The third-order valence-electron chi connectivity index (χ3n) is 1.72. The molecule has 0 spiro atoms. The van der Waals surface area contributed by atoms with E-state index in [0.717, 1.165) is 11.3 Å². The van der Waals surface area contributed by atoms with Gasteiger partial charge >= 0.3 is 0 Å². The maximum Gasteiger partial charge on any atom is 0.201 e. The summed E-state index contributed by atoms with van der Waals surface area (Å²) in [5, 5.41) is 0. The zero-order chi connectivity index (χ0) is 9.14. The number of hydrogen-bond acceptors (Lipinski definition) is 1. The Morgan fingerprint density at radius 2 is 2.17 bits per heavy atom. The van der Waals surface area contributed by atoms with E-state index in [4.69, 9.17) is 7.85 Å². The van der Waals surface area contributed by atoms with Crippen LogP contribution in [0.5, 0.6) is 0 Å². The molecule has 0 bridgehead atoms. The Labute approximate surface area is 73.6 Å². The maximum absolute atomic E-state index is 10.8. The van der Waals surface area contributed by atoms with Gasteiger partial charge in [0.15, 0.2) is 5.81 Å². The molecule has 1 rings (SSSR count). The lowest BCUT2D eigenvalue weighted by atomic mass is 10.1. The van der Waals surface area contributed by atoms with Crippen LogP contribution < -0.4 is 4.90 Å². The van der Waals surface area contributed by atoms with E-state index in [1.165, 1.54) is 4.90 Å². The van der Waals surface area contributed by atoms with Crippen molar-refractivity contribution in [3.8, 4) is 0 Å². The van der Waals surface area contributed by atoms with Gasteiger partial charge in [-0.1, -0.05) is 12.1 Å². The average molecular weight is 159 g/mol. The van der Waals surface area contributed by atoms with Crippen LogP contribution in [0.3, 0.4) is 0 Å². The lowest BCUT2D eigenvalue weighted by molar-refractivity contribution is 0.265. The van der Waals surface area contributed by atoms with Gasteiger partial charge in [-0.3, -0.25) is 4.79 Å². The lowest BCUT2D eigenvalue weighted by Crippen LogP contribution is -2.24. The summed E-state index contributed by atoms with van der Waals surface area (Å²) in [4.78, 5) is 12.2. The van der Waals surface area contributed by atoms with Gasteiger partial charge in [0.25, 0.3) is 0 Å². The molecule has 0 saturated heterocycles. The van der Waals surface area contributed by atoms with Crippen molar-refractivity contribution in [2.45, 2.75) is 6.92 Å². The quantitative estimate of drug-likeness (QED) is 0.571. The average Bonchev–Trinajstić information content (AvgIpc) is 2.03. The highest BCUT2D eigenvalue weighted by Gasteiger charge is 2.03. The molecule has 12 heavy (non-hydrogen) atoms. The van der Waals surface area contributed by atoms with Gasteiger partial charge in [0, 0.05) is 12.7 Å². The minimum atomic E-state index is -0.444. The monoisotopic (exact) mass is 159 g/mol. The van der Waals surface area contributed by atoms with Gasteiger partial charge < -0.3 is 4.90 Å². The second-order valence-electron chi connectivity index (χ2n) is 2.74. The van der Waals surface area contributed by atoms with Crippen LogP contribution in [0.15, 0.2) is 24.3 Å². The zero-order valence-electron chi connectivity index (χ0n) is 7.24. The molecular weight excluding hydrogens is 149 g/mol. The first kappa shape index (κ1) is 8.85. The van der Waals surface area contributed by atoms with Gasteiger partial charge in [0.05, 0.1) is 0 Å². The summed E-state index contributed by atoms with van der Waals surface area (Å²) in [6, 6.07) is 7.62. The number of benzene rings is 1. The summed E-state index contributed by atoms with van der Waals surface area (Å²) in [5.41, 5.74) is 1.93. The first-order chi connectivity index (χ1) is 5.61. The molecule has 0 aliphatic rings. The molecule has 0 unspecified atom stereocenters. The van der Waals surface area contributed by atoms with Crippen molar-refractivity contribution in [2.75, 3.05) is 11.9 Å². The van der Waals surface area contributed by atoms with E-state index in [2.05, 4.69) is 0 Å². The Hall–Kier alpha value is -1.25. The summed E-state index contributed by atoms with van der Waals surface area (Å²) < 4.78 is 0. The maximum atomic E-state index is 10.8. The third-order valence-corrected chi connectivity index (χ3v) is 1.72. The Morgan fingerprint density at radius 3 is 2.67 bits per heavy atom. The molecule has 1 aromatic rings. The molecule has 0 aliphatic carbocycles. The van der Waals surface area contributed by atoms with E-state index < -0.39 is 5.81 Å². The van der Waals surface area contributed by atoms with Crippen LogP contribution in [0, 0.1) is 6.92 Å². The summed E-state index contributed by atoms with van der Waals surface area (Å²) in [6.07, 6.45) is 0. The molecule has 1 amide bonds. The predicted octanol–water partition coefficient (Wildman–Crippen LogP) is 1.72. The largest absolute Gasteiger partial charge is 0.325 e. The van der Waals surface area contributed by atoms with Crippen LogP contribution >= 0.6 is 0 Å². The van der Waals surface area contributed by atoms with Crippen molar-refractivity contribution in [3.63, 3.8) is 0 Å².